The molecule has 1 unspecified atom stereocenters. The van der Waals surface area contributed by atoms with Crippen molar-refractivity contribution in [1.29, 1.82) is 0 Å². The maximum atomic E-state index is 12.0. The van der Waals surface area contributed by atoms with E-state index in [2.05, 4.69) is 20.3 Å². The van der Waals surface area contributed by atoms with Gasteiger partial charge < -0.3 is 19.6 Å². The van der Waals surface area contributed by atoms with E-state index in [9.17, 15) is 14.4 Å². The van der Waals surface area contributed by atoms with Crippen molar-refractivity contribution >= 4 is 23.4 Å². The van der Waals surface area contributed by atoms with E-state index in [0.717, 1.165) is 19.8 Å². The normalized spacial score (nSPS) is 11.3. The molecule has 0 saturated heterocycles. The number of carbonyl (C=O) groups excluding carboxylic acids is 3. The Morgan fingerprint density at radius 3 is 2.39 bits per heavy atom. The van der Waals surface area contributed by atoms with Gasteiger partial charge >= 0.3 is 11.9 Å². The summed E-state index contributed by atoms with van der Waals surface area (Å²) in [7, 11) is 3.81. The summed E-state index contributed by atoms with van der Waals surface area (Å²) in [5, 5.41) is 0. The lowest BCUT2D eigenvalue weighted by molar-refractivity contribution is -0.148. The first-order chi connectivity index (χ1) is 10.9. The van der Waals surface area contributed by atoms with Crippen LogP contribution < -0.4 is 15.6 Å². The van der Waals surface area contributed by atoms with Crippen molar-refractivity contribution in [3.05, 3.63) is 23.8 Å². The molecule has 1 aromatic rings. The molecular formula is C15H20N2O6. The SMILES string of the molecule is COC(=O)CC(=O)C(NNc1c(C)cccc1OC)C(=O)OC. The Kier molecular flexibility index (Phi) is 7.01. The van der Waals surface area contributed by atoms with Crippen LogP contribution in [0, 0.1) is 6.92 Å². The quantitative estimate of drug-likeness (QED) is 0.407. The molecule has 0 saturated carbocycles. The molecule has 1 aromatic carbocycles. The molecule has 0 aromatic heterocycles. The number of anilines is 1. The van der Waals surface area contributed by atoms with Gasteiger partial charge in [0.1, 0.15) is 12.2 Å². The zero-order valence-corrected chi connectivity index (χ0v) is 13.5. The summed E-state index contributed by atoms with van der Waals surface area (Å²) < 4.78 is 14.2. The van der Waals surface area contributed by atoms with Gasteiger partial charge in [0, 0.05) is 0 Å². The second kappa shape index (κ2) is 8.74. The number of carbonyl (C=O) groups is 3. The van der Waals surface area contributed by atoms with Crippen molar-refractivity contribution < 1.29 is 28.6 Å². The van der Waals surface area contributed by atoms with Crippen molar-refractivity contribution in [2.24, 2.45) is 0 Å². The van der Waals surface area contributed by atoms with E-state index in [1.54, 1.807) is 12.1 Å². The first kappa shape index (κ1) is 18.4. The van der Waals surface area contributed by atoms with Gasteiger partial charge in [0.15, 0.2) is 11.8 Å². The third-order valence-electron chi connectivity index (χ3n) is 3.10. The number of para-hydroxylation sites is 1. The van der Waals surface area contributed by atoms with Gasteiger partial charge in [0.2, 0.25) is 0 Å². The van der Waals surface area contributed by atoms with Crippen molar-refractivity contribution in [1.82, 2.24) is 5.43 Å². The molecule has 126 valence electrons. The third kappa shape index (κ3) is 4.96. The number of hydrazine groups is 1. The summed E-state index contributed by atoms with van der Waals surface area (Å²) in [6.07, 6.45) is -0.546. The number of nitrogens with one attached hydrogen (secondary N) is 2. The molecule has 8 nitrogen and oxygen atoms in total. The Balaban J connectivity index is 2.89. The fourth-order valence-corrected chi connectivity index (χ4v) is 1.82. The smallest absolute Gasteiger partial charge is 0.332 e. The number of aryl methyl sites for hydroxylation is 1. The second-order valence-corrected chi connectivity index (χ2v) is 4.60. The lowest BCUT2D eigenvalue weighted by Crippen LogP contribution is -2.47. The third-order valence-corrected chi connectivity index (χ3v) is 3.10. The van der Waals surface area contributed by atoms with E-state index in [1.807, 2.05) is 13.0 Å². The lowest BCUT2D eigenvalue weighted by atomic mass is 10.1. The first-order valence-electron chi connectivity index (χ1n) is 6.77. The zero-order valence-electron chi connectivity index (χ0n) is 13.5. The summed E-state index contributed by atoms with van der Waals surface area (Å²) in [5.41, 5.74) is 6.74. The number of methoxy groups -OCH3 is 3. The lowest BCUT2D eigenvalue weighted by Gasteiger charge is -2.19. The Morgan fingerprint density at radius 1 is 1.13 bits per heavy atom. The fraction of sp³-hybridized carbons (Fsp3) is 0.400. The van der Waals surface area contributed by atoms with Crippen LogP contribution in [-0.4, -0.2) is 45.1 Å². The van der Waals surface area contributed by atoms with E-state index in [4.69, 9.17) is 4.74 Å². The van der Waals surface area contributed by atoms with Crippen LogP contribution in [0.3, 0.4) is 0 Å². The van der Waals surface area contributed by atoms with E-state index in [0.29, 0.717) is 11.4 Å². The van der Waals surface area contributed by atoms with E-state index < -0.39 is 30.2 Å². The molecule has 0 radical (unpaired) electrons. The summed E-state index contributed by atoms with van der Waals surface area (Å²) in [6.45, 7) is 1.83. The van der Waals surface area contributed by atoms with E-state index >= 15 is 0 Å². The summed E-state index contributed by atoms with van der Waals surface area (Å²) in [5.74, 6) is -1.71. The predicted octanol–water partition coefficient (Wildman–Crippen LogP) is 0.594. The van der Waals surface area contributed by atoms with Gasteiger partial charge in [-0.25, -0.2) is 10.2 Å². The molecule has 0 aliphatic heterocycles. The molecule has 0 aliphatic rings. The highest BCUT2D eigenvalue weighted by Crippen LogP contribution is 2.26. The molecule has 1 rings (SSSR count). The Hall–Kier alpha value is -2.61. The average Bonchev–Trinajstić information content (AvgIpc) is 2.55. The first-order valence-corrected chi connectivity index (χ1v) is 6.77. The highest BCUT2D eigenvalue weighted by molar-refractivity contribution is 6.09. The highest BCUT2D eigenvalue weighted by atomic mass is 16.5. The number of hydrogen-bond donors (Lipinski definition) is 2. The minimum absolute atomic E-state index is 0.529. The molecule has 2 N–H and O–H groups in total. The summed E-state index contributed by atoms with van der Waals surface area (Å²) in [6, 6.07) is 4.00. The molecule has 0 fully saturated rings. The molecule has 0 spiro atoms. The van der Waals surface area contributed by atoms with Crippen LogP contribution in [0.15, 0.2) is 18.2 Å². The number of rotatable bonds is 8. The van der Waals surface area contributed by atoms with Crippen molar-refractivity contribution in [3.8, 4) is 5.75 Å². The van der Waals surface area contributed by atoms with E-state index in [1.165, 1.54) is 7.11 Å². The van der Waals surface area contributed by atoms with Crippen LogP contribution in [0.4, 0.5) is 5.69 Å². The molecule has 1 atom stereocenters. The van der Waals surface area contributed by atoms with Gasteiger partial charge in [0.05, 0.1) is 27.0 Å². The van der Waals surface area contributed by atoms with Crippen LogP contribution in [-0.2, 0) is 23.9 Å². The maximum absolute atomic E-state index is 12.0. The van der Waals surface area contributed by atoms with Crippen LogP contribution >= 0.6 is 0 Å². The van der Waals surface area contributed by atoms with Gasteiger partial charge in [-0.05, 0) is 18.6 Å². The minimum Gasteiger partial charge on any atom is -0.495 e. The molecule has 0 amide bonds. The predicted molar refractivity (Wildman–Crippen MR) is 81.9 cm³/mol. The van der Waals surface area contributed by atoms with Crippen molar-refractivity contribution in [2.75, 3.05) is 26.8 Å². The number of ether oxygens (including phenoxy) is 3. The van der Waals surface area contributed by atoms with Crippen LogP contribution in [0.5, 0.6) is 5.75 Å². The van der Waals surface area contributed by atoms with Gasteiger partial charge in [-0.1, -0.05) is 12.1 Å². The van der Waals surface area contributed by atoms with E-state index in [-0.39, 0.29) is 0 Å². The number of Topliss-reactive ketones (excluding diaryl/α,β-unsaturated/α-hetero) is 1. The highest BCUT2D eigenvalue weighted by Gasteiger charge is 2.29. The standard InChI is InChI=1S/C15H20N2O6/c1-9-6-5-7-11(21-2)13(9)16-17-14(15(20)23-4)10(18)8-12(19)22-3/h5-7,14,16-17H,8H2,1-4H3. The minimum atomic E-state index is -1.36. The van der Waals surface area contributed by atoms with Crippen molar-refractivity contribution in [3.63, 3.8) is 0 Å². The maximum Gasteiger partial charge on any atom is 0.332 e. The molecule has 23 heavy (non-hydrogen) atoms. The summed E-state index contributed by atoms with van der Waals surface area (Å²) in [4.78, 5) is 35.0. The number of esters is 2. The van der Waals surface area contributed by atoms with Gasteiger partial charge in [-0.3, -0.25) is 9.59 Å². The number of hydrogen-bond acceptors (Lipinski definition) is 8. The average molecular weight is 324 g/mol. The fourth-order valence-electron chi connectivity index (χ4n) is 1.82. The second-order valence-electron chi connectivity index (χ2n) is 4.60. The monoisotopic (exact) mass is 324 g/mol. The zero-order chi connectivity index (χ0) is 17.4. The molecule has 0 heterocycles. The largest absolute Gasteiger partial charge is 0.495 e. The van der Waals surface area contributed by atoms with Gasteiger partial charge in [0.25, 0.3) is 0 Å². The molecular weight excluding hydrogens is 304 g/mol. The Labute approximate surface area is 134 Å². The van der Waals surface area contributed by atoms with Crippen LogP contribution in [0.2, 0.25) is 0 Å². The number of benzene rings is 1. The molecule has 8 heteroatoms. The van der Waals surface area contributed by atoms with Gasteiger partial charge in [-0.2, -0.15) is 0 Å². The topological polar surface area (TPSA) is 103 Å². The Bertz CT molecular complexity index is 587. The van der Waals surface area contributed by atoms with Crippen LogP contribution in [0.1, 0.15) is 12.0 Å². The van der Waals surface area contributed by atoms with Gasteiger partial charge in [-0.15, -0.1) is 0 Å². The Morgan fingerprint density at radius 2 is 1.83 bits per heavy atom. The van der Waals surface area contributed by atoms with Crippen molar-refractivity contribution in [2.45, 2.75) is 19.4 Å². The molecule has 0 aliphatic carbocycles. The molecule has 0 bridgehead atoms. The van der Waals surface area contributed by atoms with Crippen LogP contribution in [0.25, 0.3) is 0 Å². The number of ketones is 1. The summed E-state index contributed by atoms with van der Waals surface area (Å²) >= 11 is 0.